The molecule has 0 aliphatic heterocycles. The molecule has 0 aliphatic carbocycles. The van der Waals surface area contributed by atoms with Crippen LogP contribution in [-0.4, -0.2) is 26.1 Å². The fourth-order valence-corrected chi connectivity index (χ4v) is 1.86. The van der Waals surface area contributed by atoms with E-state index in [1.54, 1.807) is 6.08 Å². The lowest BCUT2D eigenvalue weighted by molar-refractivity contribution is -0.387. The lowest BCUT2D eigenvalue weighted by atomic mass is 10.2. The lowest BCUT2D eigenvalue weighted by Gasteiger charge is -2.12. The van der Waals surface area contributed by atoms with Gasteiger partial charge in [0.05, 0.1) is 11.0 Å². The Morgan fingerprint density at radius 3 is 2.58 bits per heavy atom. The Hall–Kier alpha value is -3.16. The van der Waals surface area contributed by atoms with Gasteiger partial charge in [0, 0.05) is 0 Å². The Labute approximate surface area is 137 Å². The van der Waals surface area contributed by atoms with E-state index in [0.717, 1.165) is 17.7 Å². The maximum Gasteiger partial charge on any atom is 0.395 e. The Morgan fingerprint density at radius 1 is 1.38 bits per heavy atom. The van der Waals surface area contributed by atoms with E-state index in [0.29, 0.717) is 0 Å². The van der Waals surface area contributed by atoms with Crippen LogP contribution in [0, 0.1) is 10.1 Å². The first kappa shape index (κ1) is 17.2. The van der Waals surface area contributed by atoms with Crippen molar-refractivity contribution in [3.8, 4) is 11.6 Å². The van der Waals surface area contributed by atoms with Crippen LogP contribution in [0.5, 0.6) is 11.6 Å². The van der Waals surface area contributed by atoms with Gasteiger partial charge in [0.15, 0.2) is 0 Å². The molecule has 0 bridgehead atoms. The van der Waals surface area contributed by atoms with Crippen molar-refractivity contribution in [3.05, 3.63) is 56.1 Å². The highest BCUT2D eigenvalue weighted by Gasteiger charge is 2.21. The Balaban J connectivity index is 2.16. The van der Waals surface area contributed by atoms with Gasteiger partial charge in [-0.15, -0.1) is 0 Å². The van der Waals surface area contributed by atoms with Crippen LogP contribution in [0.4, 0.5) is 5.69 Å². The maximum atomic E-state index is 11.5. The van der Waals surface area contributed by atoms with Crippen molar-refractivity contribution in [1.82, 2.24) is 9.97 Å². The topological polar surface area (TPSA) is 118 Å². The molecule has 0 aliphatic rings. The molecule has 24 heavy (non-hydrogen) atoms. The third-order valence-corrected chi connectivity index (χ3v) is 3.30. The van der Waals surface area contributed by atoms with Crippen LogP contribution >= 0.6 is 0 Å². The molecule has 126 valence electrons. The van der Waals surface area contributed by atoms with Crippen LogP contribution in [0.3, 0.4) is 0 Å². The minimum atomic E-state index is -1.01. The molecule has 0 fully saturated rings. The summed E-state index contributed by atoms with van der Waals surface area (Å²) in [6, 6.07) is 7.26. The normalized spacial score (nSPS) is 12.2. The number of aromatic hydroxyl groups is 1. The second-order valence-corrected chi connectivity index (χ2v) is 5.12. The number of ether oxygens (including phenoxy) is 1. The monoisotopic (exact) mass is 331 g/mol. The van der Waals surface area contributed by atoms with Gasteiger partial charge in [-0.05, 0) is 37.1 Å². The molecule has 0 unspecified atom stereocenters. The molecule has 2 aromatic rings. The summed E-state index contributed by atoms with van der Waals surface area (Å²) in [5.74, 6) is -0.148. The van der Waals surface area contributed by atoms with E-state index < -0.39 is 22.0 Å². The van der Waals surface area contributed by atoms with E-state index in [2.05, 4.69) is 9.97 Å². The fourth-order valence-electron chi connectivity index (χ4n) is 1.86. The quantitative estimate of drug-likeness (QED) is 0.620. The van der Waals surface area contributed by atoms with Crippen LogP contribution < -0.4 is 10.3 Å². The number of hydrogen-bond acceptors (Lipinski definition) is 6. The standard InChI is InChI=1S/C16H17N3O5/c1-3-10(2)24-12-7-4-11(5-8-12)6-9-13-17-15(20)14(19(22)23)16(21)18-13/h4-10H,3H2,1-2H3,(H2,17,18,20,21)/b9-6+/t10-/m1/s1. The largest absolute Gasteiger partial charge is 0.491 e. The van der Waals surface area contributed by atoms with Crippen molar-refractivity contribution in [1.29, 1.82) is 0 Å². The van der Waals surface area contributed by atoms with Crippen molar-refractivity contribution in [3.63, 3.8) is 0 Å². The van der Waals surface area contributed by atoms with E-state index in [-0.39, 0.29) is 11.9 Å². The first-order valence-corrected chi connectivity index (χ1v) is 7.33. The summed E-state index contributed by atoms with van der Waals surface area (Å²) in [4.78, 5) is 27.0. The first-order valence-electron chi connectivity index (χ1n) is 7.33. The van der Waals surface area contributed by atoms with Crippen molar-refractivity contribution >= 4 is 17.8 Å². The number of benzene rings is 1. The van der Waals surface area contributed by atoms with Crippen molar-refractivity contribution in [2.45, 2.75) is 26.4 Å². The predicted octanol–water partition coefficient (Wildman–Crippen LogP) is 2.73. The number of aromatic amines is 1. The summed E-state index contributed by atoms with van der Waals surface area (Å²) in [6.07, 6.45) is 4.12. The summed E-state index contributed by atoms with van der Waals surface area (Å²) in [5, 5.41) is 20.1. The molecule has 0 amide bonds. The number of aromatic nitrogens is 2. The van der Waals surface area contributed by atoms with Gasteiger partial charge >= 0.3 is 11.2 Å². The highest BCUT2D eigenvalue weighted by Crippen LogP contribution is 2.18. The molecule has 1 aromatic heterocycles. The fraction of sp³-hybridized carbons (Fsp3) is 0.250. The molecule has 0 radical (unpaired) electrons. The van der Waals surface area contributed by atoms with Gasteiger partial charge < -0.3 is 14.8 Å². The zero-order valence-electron chi connectivity index (χ0n) is 13.2. The average molecular weight is 331 g/mol. The van der Waals surface area contributed by atoms with Gasteiger partial charge in [0.2, 0.25) is 0 Å². The molecular weight excluding hydrogens is 314 g/mol. The summed E-state index contributed by atoms with van der Waals surface area (Å²) >= 11 is 0. The highest BCUT2D eigenvalue weighted by molar-refractivity contribution is 5.67. The van der Waals surface area contributed by atoms with Crippen LogP contribution in [0.2, 0.25) is 0 Å². The molecule has 0 spiro atoms. The summed E-state index contributed by atoms with van der Waals surface area (Å²) in [7, 11) is 0. The third-order valence-electron chi connectivity index (χ3n) is 3.30. The smallest absolute Gasteiger partial charge is 0.395 e. The van der Waals surface area contributed by atoms with Gasteiger partial charge in [-0.3, -0.25) is 14.9 Å². The number of nitrogens with zero attached hydrogens (tertiary/aromatic N) is 2. The van der Waals surface area contributed by atoms with Gasteiger partial charge in [-0.25, -0.2) is 0 Å². The lowest BCUT2D eigenvalue weighted by Crippen LogP contribution is -2.14. The Bertz CT molecular complexity index is 811. The van der Waals surface area contributed by atoms with Crippen LogP contribution in [0.1, 0.15) is 31.7 Å². The second kappa shape index (κ2) is 7.40. The molecule has 1 atom stereocenters. The molecule has 1 aromatic carbocycles. The van der Waals surface area contributed by atoms with E-state index in [9.17, 15) is 20.0 Å². The first-order chi connectivity index (χ1) is 11.4. The molecule has 2 N–H and O–H groups in total. The molecule has 1 heterocycles. The molecule has 0 saturated heterocycles. The van der Waals surface area contributed by atoms with E-state index in [1.807, 2.05) is 38.1 Å². The average Bonchev–Trinajstić information content (AvgIpc) is 2.53. The Kier molecular flexibility index (Phi) is 5.31. The van der Waals surface area contributed by atoms with Gasteiger partial charge in [-0.1, -0.05) is 25.1 Å². The van der Waals surface area contributed by atoms with Crippen LogP contribution in [-0.2, 0) is 0 Å². The number of hydrogen-bond donors (Lipinski definition) is 2. The summed E-state index contributed by atoms with van der Waals surface area (Å²) < 4.78 is 5.67. The second-order valence-electron chi connectivity index (χ2n) is 5.12. The van der Waals surface area contributed by atoms with Gasteiger partial charge in [0.1, 0.15) is 11.6 Å². The van der Waals surface area contributed by atoms with E-state index in [4.69, 9.17) is 4.74 Å². The van der Waals surface area contributed by atoms with Crippen molar-refractivity contribution in [2.24, 2.45) is 0 Å². The minimum Gasteiger partial charge on any atom is -0.491 e. The number of H-pyrrole nitrogens is 1. The SMILES string of the molecule is CC[C@@H](C)Oc1ccc(/C=C/c2nc(O)c([N+](=O)[O-])c(=O)[nH]2)cc1. The molecule has 8 nitrogen and oxygen atoms in total. The van der Waals surface area contributed by atoms with Crippen LogP contribution in [0.15, 0.2) is 29.1 Å². The predicted molar refractivity (Wildman–Crippen MR) is 88.9 cm³/mol. The molecule has 0 saturated carbocycles. The number of nitrogens with one attached hydrogen (secondary N) is 1. The van der Waals surface area contributed by atoms with E-state index in [1.165, 1.54) is 6.08 Å². The molecular formula is C16H17N3O5. The van der Waals surface area contributed by atoms with Crippen molar-refractivity contribution in [2.75, 3.05) is 0 Å². The number of rotatable bonds is 6. The zero-order chi connectivity index (χ0) is 17.7. The van der Waals surface area contributed by atoms with Gasteiger partial charge in [0.25, 0.3) is 5.88 Å². The Morgan fingerprint density at radius 2 is 2.04 bits per heavy atom. The highest BCUT2D eigenvalue weighted by atomic mass is 16.6. The van der Waals surface area contributed by atoms with Crippen LogP contribution in [0.25, 0.3) is 12.2 Å². The maximum absolute atomic E-state index is 11.5. The minimum absolute atomic E-state index is 0.0167. The number of nitro groups is 1. The van der Waals surface area contributed by atoms with E-state index >= 15 is 0 Å². The third kappa shape index (κ3) is 4.19. The van der Waals surface area contributed by atoms with Crippen molar-refractivity contribution < 1.29 is 14.8 Å². The molecule has 8 heteroatoms. The van der Waals surface area contributed by atoms with Gasteiger partial charge in [-0.2, -0.15) is 4.98 Å². The summed E-state index contributed by atoms with van der Waals surface area (Å²) in [6.45, 7) is 4.02. The summed E-state index contributed by atoms with van der Waals surface area (Å²) in [5.41, 5.74) is -1.17. The molecule has 2 rings (SSSR count). The zero-order valence-corrected chi connectivity index (χ0v) is 13.2.